The van der Waals surface area contributed by atoms with Gasteiger partial charge in [0.25, 0.3) is 0 Å². The van der Waals surface area contributed by atoms with Crippen molar-refractivity contribution >= 4 is 0 Å². The zero-order valence-corrected chi connectivity index (χ0v) is 28.6. The Morgan fingerprint density at radius 1 is 0.923 bits per heavy atom. The summed E-state index contributed by atoms with van der Waals surface area (Å²) in [6, 6.07) is 8.85. The molecule has 2 fully saturated rings. The lowest BCUT2D eigenvalue weighted by Crippen LogP contribution is -2.31. The van der Waals surface area contributed by atoms with Crippen LogP contribution in [0.1, 0.15) is 151 Å². The first-order chi connectivity index (χ1) is 18.7. The smallest absolute Gasteiger partial charge is 0.0553 e. The molecule has 1 aliphatic heterocycles. The molecule has 228 valence electrons. The molecule has 2 aliphatic carbocycles. The third-order valence-electron chi connectivity index (χ3n) is 6.72. The van der Waals surface area contributed by atoms with Crippen LogP contribution in [-0.4, -0.2) is 12.7 Å². The number of benzene rings is 1. The van der Waals surface area contributed by atoms with Crippen molar-refractivity contribution in [1.82, 2.24) is 0 Å². The summed E-state index contributed by atoms with van der Waals surface area (Å²) in [6.45, 7) is 27.0. The summed E-state index contributed by atoms with van der Waals surface area (Å²) in [5.41, 5.74) is 2.95. The van der Waals surface area contributed by atoms with E-state index in [9.17, 15) is 0 Å². The average Bonchev–Trinajstić information content (AvgIpc) is 3.82. The topological polar surface area (TPSA) is 9.23 Å². The maximum absolute atomic E-state index is 5.91. The van der Waals surface area contributed by atoms with Gasteiger partial charge in [0, 0.05) is 0 Å². The van der Waals surface area contributed by atoms with E-state index in [0.717, 1.165) is 37.2 Å². The van der Waals surface area contributed by atoms with E-state index in [4.69, 9.17) is 4.74 Å². The van der Waals surface area contributed by atoms with Crippen LogP contribution in [0.5, 0.6) is 0 Å². The third-order valence-corrected chi connectivity index (χ3v) is 6.72. The molecule has 0 aromatic heterocycles. The zero-order valence-electron chi connectivity index (χ0n) is 28.6. The second-order valence-electron chi connectivity index (χ2n) is 12.2. The fourth-order valence-electron chi connectivity index (χ4n) is 3.72. The summed E-state index contributed by atoms with van der Waals surface area (Å²) in [7, 11) is 0. The van der Waals surface area contributed by atoms with E-state index in [0.29, 0.717) is 17.9 Å². The average molecular weight is 543 g/mol. The molecule has 1 nitrogen and oxygen atoms in total. The minimum absolute atomic E-state index is 0.385. The molecule has 0 amide bonds. The van der Waals surface area contributed by atoms with Gasteiger partial charge in [-0.3, -0.25) is 0 Å². The highest BCUT2D eigenvalue weighted by atomic mass is 16.5. The normalized spacial score (nSPS) is 20.6. The Morgan fingerprint density at radius 3 is 1.85 bits per heavy atom. The maximum Gasteiger partial charge on any atom is 0.0553 e. The highest BCUT2D eigenvalue weighted by Gasteiger charge is 2.30. The maximum atomic E-state index is 5.91. The van der Waals surface area contributed by atoms with Crippen LogP contribution in [0.15, 0.2) is 48.6 Å². The minimum atomic E-state index is 0.385. The van der Waals surface area contributed by atoms with Gasteiger partial charge in [-0.15, -0.1) is 0 Å². The molecular formula is C38H70O. The number of aryl methyl sites for hydroxylation is 1. The van der Waals surface area contributed by atoms with Crippen molar-refractivity contribution in [3.05, 3.63) is 59.7 Å². The highest BCUT2D eigenvalue weighted by molar-refractivity contribution is 5.30. The van der Waals surface area contributed by atoms with E-state index in [2.05, 4.69) is 118 Å². The lowest BCUT2D eigenvalue weighted by Gasteiger charge is -2.35. The molecule has 4 rings (SSSR count). The Balaban J connectivity index is 0. The van der Waals surface area contributed by atoms with E-state index in [1.165, 1.54) is 56.1 Å². The van der Waals surface area contributed by atoms with Gasteiger partial charge in [0.2, 0.25) is 0 Å². The molecule has 1 aromatic carbocycles. The Hall–Kier alpha value is -1.34. The summed E-state index contributed by atoms with van der Waals surface area (Å²) in [5.74, 6) is 4.12. The van der Waals surface area contributed by atoms with Crippen LogP contribution in [0.2, 0.25) is 0 Å². The van der Waals surface area contributed by atoms with Gasteiger partial charge in [-0.25, -0.2) is 0 Å². The van der Waals surface area contributed by atoms with Crippen molar-refractivity contribution in [2.45, 2.75) is 153 Å². The zero-order chi connectivity index (χ0) is 30.1. The molecule has 0 spiro atoms. The molecule has 3 unspecified atom stereocenters. The molecule has 0 radical (unpaired) electrons. The Kier molecular flexibility index (Phi) is 27.4. The van der Waals surface area contributed by atoms with Crippen LogP contribution in [0.4, 0.5) is 0 Å². The molecule has 1 heteroatoms. The third kappa shape index (κ3) is 26.6. The van der Waals surface area contributed by atoms with Crippen LogP contribution in [0.25, 0.3) is 0 Å². The molecule has 3 aliphatic rings. The lowest BCUT2D eigenvalue weighted by atomic mass is 9.77. The van der Waals surface area contributed by atoms with Gasteiger partial charge in [-0.2, -0.15) is 0 Å². The number of hydrogen-bond acceptors (Lipinski definition) is 1. The molecule has 0 N–H and O–H groups in total. The van der Waals surface area contributed by atoms with Crippen LogP contribution >= 0.6 is 0 Å². The second-order valence-corrected chi connectivity index (χ2v) is 12.2. The molecule has 39 heavy (non-hydrogen) atoms. The molecule has 1 heterocycles. The van der Waals surface area contributed by atoms with E-state index >= 15 is 0 Å². The SMILES string of the molecule is C1=CC1.CC.CC(C)C.CCC(C)C.CCC/C=C\CC1COC(C)CC1c1ccccc1C.CCC1CC1. The van der Waals surface area contributed by atoms with Crippen molar-refractivity contribution in [3.8, 4) is 0 Å². The molecule has 1 aromatic rings. The quantitative estimate of drug-likeness (QED) is 0.311. The molecule has 1 saturated carbocycles. The largest absolute Gasteiger partial charge is 0.378 e. The molecule has 3 atom stereocenters. The number of hydrogen-bond donors (Lipinski definition) is 0. The highest BCUT2D eigenvalue weighted by Crippen LogP contribution is 2.38. The fourth-order valence-corrected chi connectivity index (χ4v) is 3.72. The van der Waals surface area contributed by atoms with Crippen molar-refractivity contribution in [1.29, 1.82) is 0 Å². The van der Waals surface area contributed by atoms with Crippen LogP contribution in [0.3, 0.4) is 0 Å². The van der Waals surface area contributed by atoms with E-state index in [1.807, 2.05) is 13.8 Å². The number of ether oxygens (including phenoxy) is 1. The first-order valence-electron chi connectivity index (χ1n) is 16.6. The molecular weight excluding hydrogens is 472 g/mol. The molecule has 1 saturated heterocycles. The van der Waals surface area contributed by atoms with Gasteiger partial charge in [0.05, 0.1) is 12.7 Å². The first kappa shape index (κ1) is 39.8. The molecule has 0 bridgehead atoms. The van der Waals surface area contributed by atoms with Gasteiger partial charge in [0.15, 0.2) is 0 Å². The first-order valence-corrected chi connectivity index (χ1v) is 16.6. The Labute approximate surface area is 247 Å². The second kappa shape index (κ2) is 26.9. The minimum Gasteiger partial charge on any atom is -0.378 e. The summed E-state index contributed by atoms with van der Waals surface area (Å²) < 4.78 is 5.91. The number of unbranched alkanes of at least 4 members (excludes halogenated alkanes) is 1. The van der Waals surface area contributed by atoms with Crippen molar-refractivity contribution in [2.24, 2.45) is 23.7 Å². The van der Waals surface area contributed by atoms with Crippen molar-refractivity contribution in [2.75, 3.05) is 6.61 Å². The number of allylic oxidation sites excluding steroid dienone is 4. The number of rotatable bonds is 7. The summed E-state index contributed by atoms with van der Waals surface area (Å²) in [5, 5.41) is 0. The summed E-state index contributed by atoms with van der Waals surface area (Å²) in [6.07, 6.45) is 21.0. The van der Waals surface area contributed by atoms with Crippen molar-refractivity contribution in [3.63, 3.8) is 0 Å². The van der Waals surface area contributed by atoms with Crippen molar-refractivity contribution < 1.29 is 4.74 Å². The van der Waals surface area contributed by atoms with Crippen LogP contribution in [-0.2, 0) is 4.74 Å². The lowest BCUT2D eigenvalue weighted by molar-refractivity contribution is -0.0164. The van der Waals surface area contributed by atoms with E-state index in [-0.39, 0.29) is 0 Å². The van der Waals surface area contributed by atoms with Crippen LogP contribution in [0, 0.1) is 30.6 Å². The van der Waals surface area contributed by atoms with E-state index in [1.54, 1.807) is 0 Å². The van der Waals surface area contributed by atoms with Gasteiger partial charge in [-0.05, 0) is 80.2 Å². The van der Waals surface area contributed by atoms with Gasteiger partial charge in [0.1, 0.15) is 0 Å². The fraction of sp³-hybridized carbons (Fsp3) is 0.737. The summed E-state index contributed by atoms with van der Waals surface area (Å²) >= 11 is 0. The van der Waals surface area contributed by atoms with E-state index < -0.39 is 0 Å². The standard InChI is InChI=1S/C19H28O.C5H10.C5H12.C4H10.C3H4.C2H6/c1-4-5-6-7-11-17-14-20-16(3)13-19(17)18-12-9-8-10-15(18)2;1-2-5-3-4-5;1-4-5(2)3;1-4(2)3;1-2-3-1;1-2/h6-10,12,16-17,19H,4-5,11,13-14H2,1-3H3;5H,2-4H2,1H3;5H,4H2,1-3H3;4H,1-3H3;1-2H,3H2;1-2H3/b7-6-;;;;;. The Bertz CT molecular complexity index is 686. The van der Waals surface area contributed by atoms with Gasteiger partial charge in [-0.1, -0.05) is 150 Å². The van der Waals surface area contributed by atoms with Crippen LogP contribution < -0.4 is 0 Å². The Morgan fingerprint density at radius 2 is 1.46 bits per heavy atom. The summed E-state index contributed by atoms with van der Waals surface area (Å²) in [4.78, 5) is 0. The van der Waals surface area contributed by atoms with Gasteiger partial charge < -0.3 is 4.74 Å². The predicted molar refractivity (Wildman–Crippen MR) is 180 cm³/mol. The predicted octanol–water partition coefficient (Wildman–Crippen LogP) is 12.7. The van der Waals surface area contributed by atoms with Gasteiger partial charge >= 0.3 is 0 Å². The monoisotopic (exact) mass is 543 g/mol.